The van der Waals surface area contributed by atoms with E-state index in [9.17, 15) is 19.2 Å². The average molecular weight is 405 g/mol. The average Bonchev–Trinajstić information content (AvgIpc) is 3.20. The molecule has 0 saturated carbocycles. The van der Waals surface area contributed by atoms with Crippen LogP contribution in [0.15, 0.2) is 18.2 Å². The van der Waals surface area contributed by atoms with Crippen LogP contribution in [0.5, 0.6) is 0 Å². The summed E-state index contributed by atoms with van der Waals surface area (Å²) < 4.78 is 0. The van der Waals surface area contributed by atoms with Crippen LogP contribution in [0.25, 0.3) is 0 Å². The van der Waals surface area contributed by atoms with Gasteiger partial charge in [0.2, 0.25) is 23.6 Å². The maximum atomic E-state index is 13.3. The van der Waals surface area contributed by atoms with Gasteiger partial charge in [-0.3, -0.25) is 29.4 Å². The first-order valence-electron chi connectivity index (χ1n) is 9.34. The van der Waals surface area contributed by atoms with Crippen molar-refractivity contribution < 1.29 is 19.2 Å². The lowest BCUT2D eigenvalue weighted by atomic mass is 9.76. The Balaban J connectivity index is 1.85. The van der Waals surface area contributed by atoms with Crippen molar-refractivity contribution in [1.29, 1.82) is 0 Å². The Hall–Kier alpha value is -2.45. The van der Waals surface area contributed by atoms with E-state index in [-0.39, 0.29) is 12.3 Å². The highest BCUT2D eigenvalue weighted by molar-refractivity contribution is 6.35. The Morgan fingerprint density at radius 3 is 2.71 bits per heavy atom. The molecule has 2 saturated heterocycles. The Bertz CT molecular complexity index is 904. The lowest BCUT2D eigenvalue weighted by Crippen LogP contribution is -2.53. The van der Waals surface area contributed by atoms with Gasteiger partial charge in [0.15, 0.2) is 0 Å². The fraction of sp³-hybridized carbons (Fsp3) is 0.474. The van der Waals surface area contributed by atoms with Gasteiger partial charge in [0, 0.05) is 24.6 Å². The molecule has 1 spiro atoms. The number of amides is 4. The van der Waals surface area contributed by atoms with Crippen LogP contribution in [0.4, 0.5) is 5.69 Å². The molecule has 4 N–H and O–H groups in total. The minimum Gasteiger partial charge on any atom is -0.370 e. The van der Waals surface area contributed by atoms with E-state index in [1.807, 2.05) is 6.92 Å². The number of carbonyl (C=O) groups excluding carboxylic acids is 4. The molecule has 3 aliphatic heterocycles. The smallest absolute Gasteiger partial charge is 0.250 e. The molecular formula is C19H21ClN4O4. The number of unbranched alkanes of at least 4 members (excludes halogenated alkanes) is 1. The molecule has 1 aromatic rings. The van der Waals surface area contributed by atoms with Gasteiger partial charge in [-0.25, -0.2) is 0 Å². The van der Waals surface area contributed by atoms with Gasteiger partial charge in [-0.1, -0.05) is 37.1 Å². The molecule has 3 heterocycles. The number of benzene rings is 1. The summed E-state index contributed by atoms with van der Waals surface area (Å²) in [6, 6.07) is 4.34. The van der Waals surface area contributed by atoms with E-state index >= 15 is 0 Å². The summed E-state index contributed by atoms with van der Waals surface area (Å²) in [5.41, 5.74) is 4.88. The van der Waals surface area contributed by atoms with E-state index in [1.165, 1.54) is 4.90 Å². The van der Waals surface area contributed by atoms with Crippen LogP contribution in [-0.4, -0.2) is 41.1 Å². The van der Waals surface area contributed by atoms with Crippen molar-refractivity contribution in [2.24, 2.45) is 17.6 Å². The monoisotopic (exact) mass is 404 g/mol. The Kier molecular flexibility index (Phi) is 4.43. The number of likely N-dealkylation sites (tertiary alicyclic amines) is 1. The maximum absolute atomic E-state index is 13.3. The summed E-state index contributed by atoms with van der Waals surface area (Å²) in [6.07, 6.45) is 1.35. The third-order valence-electron chi connectivity index (χ3n) is 5.95. The molecule has 4 amide bonds. The van der Waals surface area contributed by atoms with Crippen LogP contribution in [0.2, 0.25) is 5.02 Å². The quantitative estimate of drug-likeness (QED) is 0.625. The van der Waals surface area contributed by atoms with Gasteiger partial charge in [0.05, 0.1) is 22.5 Å². The van der Waals surface area contributed by atoms with Crippen molar-refractivity contribution in [2.45, 2.75) is 37.8 Å². The maximum Gasteiger partial charge on any atom is 0.250 e. The van der Waals surface area contributed by atoms with Crippen molar-refractivity contribution in [3.05, 3.63) is 28.8 Å². The number of carbonyl (C=O) groups is 4. The molecule has 0 radical (unpaired) electrons. The summed E-state index contributed by atoms with van der Waals surface area (Å²) in [5, 5.41) is 6.22. The molecular weight excluding hydrogens is 384 g/mol. The van der Waals surface area contributed by atoms with Gasteiger partial charge < -0.3 is 11.1 Å². The Morgan fingerprint density at radius 2 is 2.04 bits per heavy atom. The summed E-state index contributed by atoms with van der Waals surface area (Å²) in [4.78, 5) is 52.3. The van der Waals surface area contributed by atoms with Gasteiger partial charge >= 0.3 is 0 Å². The molecule has 3 aliphatic rings. The van der Waals surface area contributed by atoms with E-state index < -0.39 is 41.1 Å². The first-order chi connectivity index (χ1) is 13.3. The molecule has 8 nitrogen and oxygen atoms in total. The molecule has 4 atom stereocenters. The lowest BCUT2D eigenvalue weighted by Gasteiger charge is -2.29. The zero-order valence-electron chi connectivity index (χ0n) is 15.3. The first-order valence-corrected chi connectivity index (χ1v) is 9.72. The Morgan fingerprint density at radius 1 is 1.29 bits per heavy atom. The lowest BCUT2D eigenvalue weighted by molar-refractivity contribution is -0.142. The van der Waals surface area contributed by atoms with Crippen molar-refractivity contribution in [3.63, 3.8) is 0 Å². The zero-order valence-corrected chi connectivity index (χ0v) is 16.1. The van der Waals surface area contributed by atoms with Crippen LogP contribution >= 0.6 is 11.6 Å². The molecule has 4 rings (SSSR count). The fourth-order valence-corrected chi connectivity index (χ4v) is 5.00. The number of anilines is 1. The van der Waals surface area contributed by atoms with E-state index in [2.05, 4.69) is 10.6 Å². The second-order valence-corrected chi connectivity index (χ2v) is 7.94. The summed E-state index contributed by atoms with van der Waals surface area (Å²) >= 11 is 6.24. The minimum absolute atomic E-state index is 0.146. The highest BCUT2D eigenvalue weighted by Gasteiger charge is 2.70. The van der Waals surface area contributed by atoms with Crippen molar-refractivity contribution >= 4 is 40.9 Å². The predicted octanol–water partition coefficient (Wildman–Crippen LogP) is 0.736. The van der Waals surface area contributed by atoms with Crippen LogP contribution in [-0.2, 0) is 24.7 Å². The Labute approximate surface area is 166 Å². The van der Waals surface area contributed by atoms with E-state index in [1.54, 1.807) is 18.2 Å². The van der Waals surface area contributed by atoms with E-state index in [0.717, 1.165) is 6.42 Å². The molecule has 1 aromatic carbocycles. The number of nitrogens with zero attached hydrogens (tertiary/aromatic N) is 1. The van der Waals surface area contributed by atoms with Gasteiger partial charge in [0.25, 0.3) is 0 Å². The van der Waals surface area contributed by atoms with E-state index in [4.69, 9.17) is 17.3 Å². The third kappa shape index (κ3) is 2.41. The van der Waals surface area contributed by atoms with Crippen molar-refractivity contribution in [1.82, 2.24) is 10.2 Å². The molecule has 148 valence electrons. The molecule has 0 bridgehead atoms. The van der Waals surface area contributed by atoms with Crippen LogP contribution < -0.4 is 16.4 Å². The van der Waals surface area contributed by atoms with Gasteiger partial charge in [-0.2, -0.15) is 0 Å². The predicted molar refractivity (Wildman–Crippen MR) is 101 cm³/mol. The fourth-order valence-electron chi connectivity index (χ4n) is 4.78. The molecule has 2 fully saturated rings. The highest BCUT2D eigenvalue weighted by atomic mass is 35.5. The van der Waals surface area contributed by atoms with Crippen LogP contribution in [0, 0.1) is 11.8 Å². The number of nitrogens with one attached hydrogen (secondary N) is 2. The number of halogens is 1. The summed E-state index contributed by atoms with van der Waals surface area (Å²) in [6.45, 7) is 2.26. The van der Waals surface area contributed by atoms with E-state index in [0.29, 0.717) is 29.2 Å². The number of hydrogen-bond donors (Lipinski definition) is 3. The molecule has 0 aliphatic carbocycles. The number of fused-ring (bicyclic) bond motifs is 4. The largest absolute Gasteiger partial charge is 0.370 e. The third-order valence-corrected chi connectivity index (χ3v) is 6.26. The normalized spacial score (nSPS) is 30.7. The number of para-hydroxylation sites is 1. The number of nitrogens with two attached hydrogens (primary N) is 1. The number of rotatable bonds is 5. The first kappa shape index (κ1) is 18.9. The second kappa shape index (κ2) is 6.56. The zero-order chi connectivity index (χ0) is 20.2. The molecule has 2 unspecified atom stereocenters. The number of primary amides is 1. The number of hydrogen-bond acceptors (Lipinski definition) is 5. The van der Waals surface area contributed by atoms with Gasteiger partial charge in [0.1, 0.15) is 5.54 Å². The van der Waals surface area contributed by atoms with Gasteiger partial charge in [-0.05, 0) is 12.5 Å². The molecule has 28 heavy (non-hydrogen) atoms. The highest BCUT2D eigenvalue weighted by Crippen LogP contribution is 2.54. The van der Waals surface area contributed by atoms with Crippen molar-refractivity contribution in [2.75, 3.05) is 11.9 Å². The minimum atomic E-state index is -1.45. The van der Waals surface area contributed by atoms with Crippen molar-refractivity contribution in [3.8, 4) is 0 Å². The second-order valence-electron chi connectivity index (χ2n) is 7.53. The van der Waals surface area contributed by atoms with Crippen LogP contribution in [0.1, 0.15) is 31.7 Å². The number of imide groups is 1. The topological polar surface area (TPSA) is 122 Å². The summed E-state index contributed by atoms with van der Waals surface area (Å²) in [7, 11) is 0. The van der Waals surface area contributed by atoms with Gasteiger partial charge in [-0.15, -0.1) is 0 Å². The molecule has 9 heteroatoms. The SMILES string of the molecule is CCCCN1C(=O)[C@@H]2C(CC(N)=O)NC3(C(=O)Nc4c(Cl)cccc43)[C@@H]2C1=O. The molecule has 0 aromatic heterocycles. The van der Waals surface area contributed by atoms with Crippen LogP contribution in [0.3, 0.4) is 0 Å². The summed E-state index contributed by atoms with van der Waals surface area (Å²) in [5.74, 6) is -3.58. The standard InChI is InChI=1S/C19H21ClN4O4/c1-2-3-7-24-16(26)13-11(8-12(21)25)23-19(14(13)17(24)27)9-5-4-6-10(20)15(9)22-18(19)28/h4-6,11,13-14,23H,2-3,7-8H2,1H3,(H2,21,25)(H,22,28)/t11?,13-,14+,19?/m1/s1.